The zero-order valence-electron chi connectivity index (χ0n) is 11.9. The molecule has 1 N–H and O–H groups in total. The number of phenols is 1. The summed E-state index contributed by atoms with van der Waals surface area (Å²) in [5.74, 6) is 0.658. The van der Waals surface area contributed by atoms with Gasteiger partial charge in [0, 0.05) is 24.6 Å². The van der Waals surface area contributed by atoms with Crippen LogP contribution in [0.5, 0.6) is 17.2 Å². The first-order chi connectivity index (χ1) is 9.49. The van der Waals surface area contributed by atoms with Crippen molar-refractivity contribution in [3.63, 3.8) is 0 Å². The van der Waals surface area contributed by atoms with Gasteiger partial charge in [-0.3, -0.25) is 10.1 Å². The van der Waals surface area contributed by atoms with Crippen LogP contribution in [0.4, 0.5) is 0 Å². The number of rotatable bonds is 7. The second kappa shape index (κ2) is 7.37. The van der Waals surface area contributed by atoms with E-state index in [0.29, 0.717) is 23.7 Å². The van der Waals surface area contributed by atoms with E-state index in [9.17, 15) is 15.2 Å². The Morgan fingerprint density at radius 2 is 2.15 bits per heavy atom. The molecule has 0 unspecified atom stereocenters. The van der Waals surface area contributed by atoms with Crippen molar-refractivity contribution in [3.8, 4) is 17.2 Å². The van der Waals surface area contributed by atoms with E-state index in [1.165, 1.54) is 32.2 Å². The van der Waals surface area contributed by atoms with Crippen LogP contribution in [0.15, 0.2) is 17.8 Å². The summed E-state index contributed by atoms with van der Waals surface area (Å²) in [7, 11) is 1.46. The molecule has 0 fully saturated rings. The SMILES string of the molecule is CCCCOc1cc(OC)c(/C=C(\C)[N+](=O)[O-])cc1O. The second-order valence-electron chi connectivity index (χ2n) is 4.31. The molecule has 0 spiro atoms. The fourth-order valence-electron chi connectivity index (χ4n) is 1.58. The van der Waals surface area contributed by atoms with Gasteiger partial charge in [0.1, 0.15) is 5.75 Å². The summed E-state index contributed by atoms with van der Waals surface area (Å²) in [5.41, 5.74) is 0.393. The molecular weight excluding hydrogens is 262 g/mol. The Morgan fingerprint density at radius 1 is 1.45 bits per heavy atom. The molecule has 0 radical (unpaired) electrons. The highest BCUT2D eigenvalue weighted by molar-refractivity contribution is 5.63. The lowest BCUT2D eigenvalue weighted by Gasteiger charge is -2.11. The van der Waals surface area contributed by atoms with Crippen molar-refractivity contribution in [2.75, 3.05) is 13.7 Å². The summed E-state index contributed by atoms with van der Waals surface area (Å²) in [4.78, 5) is 10.1. The summed E-state index contributed by atoms with van der Waals surface area (Å²) in [6.07, 6.45) is 3.21. The summed E-state index contributed by atoms with van der Waals surface area (Å²) < 4.78 is 10.6. The van der Waals surface area contributed by atoms with Crippen LogP contribution in [0.1, 0.15) is 32.3 Å². The predicted octanol–water partition coefficient (Wildman–Crippen LogP) is 3.22. The lowest BCUT2D eigenvalue weighted by Crippen LogP contribution is -1.99. The number of aromatic hydroxyl groups is 1. The van der Waals surface area contributed by atoms with Crippen molar-refractivity contribution in [1.29, 1.82) is 0 Å². The number of allylic oxidation sites excluding steroid dienone is 1. The number of hydrogen-bond acceptors (Lipinski definition) is 5. The molecule has 0 aliphatic carbocycles. The van der Waals surface area contributed by atoms with Crippen LogP contribution in [-0.2, 0) is 0 Å². The molecule has 0 heterocycles. The van der Waals surface area contributed by atoms with Gasteiger partial charge in [-0.15, -0.1) is 0 Å². The Morgan fingerprint density at radius 3 is 2.70 bits per heavy atom. The van der Waals surface area contributed by atoms with E-state index < -0.39 is 4.92 Å². The summed E-state index contributed by atoms with van der Waals surface area (Å²) >= 11 is 0. The Kier molecular flexibility index (Phi) is 5.83. The summed E-state index contributed by atoms with van der Waals surface area (Å²) in [6.45, 7) is 3.91. The lowest BCUT2D eigenvalue weighted by molar-refractivity contribution is -0.422. The molecule has 20 heavy (non-hydrogen) atoms. The van der Waals surface area contributed by atoms with Crippen LogP contribution in [-0.4, -0.2) is 23.7 Å². The van der Waals surface area contributed by atoms with Gasteiger partial charge in [0.2, 0.25) is 5.70 Å². The second-order valence-corrected chi connectivity index (χ2v) is 4.31. The van der Waals surface area contributed by atoms with E-state index >= 15 is 0 Å². The molecule has 6 heteroatoms. The smallest absolute Gasteiger partial charge is 0.243 e. The largest absolute Gasteiger partial charge is 0.504 e. The van der Waals surface area contributed by atoms with Gasteiger partial charge in [0.05, 0.1) is 18.6 Å². The molecule has 0 aromatic heterocycles. The van der Waals surface area contributed by atoms with Crippen molar-refractivity contribution in [2.24, 2.45) is 0 Å². The van der Waals surface area contributed by atoms with E-state index in [1.807, 2.05) is 6.92 Å². The Labute approximate surface area is 117 Å². The maximum absolute atomic E-state index is 10.6. The van der Waals surface area contributed by atoms with Crippen LogP contribution >= 0.6 is 0 Å². The van der Waals surface area contributed by atoms with Crippen LogP contribution < -0.4 is 9.47 Å². The van der Waals surface area contributed by atoms with Gasteiger partial charge in [-0.05, 0) is 12.5 Å². The highest BCUT2D eigenvalue weighted by Crippen LogP contribution is 2.35. The van der Waals surface area contributed by atoms with Crippen molar-refractivity contribution in [3.05, 3.63) is 33.5 Å². The number of benzene rings is 1. The van der Waals surface area contributed by atoms with Crippen molar-refractivity contribution < 1.29 is 19.5 Å². The van der Waals surface area contributed by atoms with Gasteiger partial charge >= 0.3 is 0 Å². The first-order valence-electron chi connectivity index (χ1n) is 6.36. The third-order valence-electron chi connectivity index (χ3n) is 2.72. The van der Waals surface area contributed by atoms with Crippen LogP contribution in [0.2, 0.25) is 0 Å². The molecular formula is C14H19NO5. The zero-order chi connectivity index (χ0) is 15.1. The van der Waals surface area contributed by atoms with Crippen LogP contribution in [0.25, 0.3) is 6.08 Å². The van der Waals surface area contributed by atoms with Gasteiger partial charge in [-0.25, -0.2) is 0 Å². The van der Waals surface area contributed by atoms with E-state index in [4.69, 9.17) is 9.47 Å². The molecule has 1 aromatic carbocycles. The summed E-state index contributed by atoms with van der Waals surface area (Å²) in [5, 5.41) is 20.5. The van der Waals surface area contributed by atoms with E-state index in [0.717, 1.165) is 12.8 Å². The topological polar surface area (TPSA) is 81.8 Å². The van der Waals surface area contributed by atoms with E-state index in [-0.39, 0.29) is 11.4 Å². The fourth-order valence-corrected chi connectivity index (χ4v) is 1.58. The zero-order valence-corrected chi connectivity index (χ0v) is 11.9. The molecule has 0 atom stereocenters. The minimum atomic E-state index is -0.498. The molecule has 6 nitrogen and oxygen atoms in total. The molecule has 1 rings (SSSR count). The lowest BCUT2D eigenvalue weighted by atomic mass is 10.1. The molecule has 0 saturated heterocycles. The standard InChI is InChI=1S/C14H19NO5/c1-4-5-6-20-14-9-13(19-3)11(8-12(14)16)7-10(2)15(17)18/h7-9,16H,4-6H2,1-3H3/b10-7+. The van der Waals surface area contributed by atoms with Gasteiger partial charge in [0.15, 0.2) is 11.5 Å². The Hall–Kier alpha value is -2.24. The van der Waals surface area contributed by atoms with E-state index in [1.54, 1.807) is 0 Å². The average molecular weight is 281 g/mol. The molecule has 0 aliphatic rings. The molecule has 0 bridgehead atoms. The number of nitrogens with zero attached hydrogens (tertiary/aromatic N) is 1. The van der Waals surface area contributed by atoms with Crippen LogP contribution in [0, 0.1) is 10.1 Å². The fraction of sp³-hybridized carbons (Fsp3) is 0.429. The number of methoxy groups -OCH3 is 1. The van der Waals surface area contributed by atoms with Crippen molar-refractivity contribution in [1.82, 2.24) is 0 Å². The molecule has 1 aromatic rings. The number of nitro groups is 1. The molecule has 110 valence electrons. The quantitative estimate of drug-likeness (QED) is 0.471. The summed E-state index contributed by atoms with van der Waals surface area (Å²) in [6, 6.07) is 2.93. The first kappa shape index (κ1) is 15.8. The number of ether oxygens (including phenoxy) is 2. The minimum absolute atomic E-state index is 0.0395. The number of phenolic OH excluding ortho intramolecular Hbond substituents is 1. The Balaban J connectivity index is 3.07. The van der Waals surface area contributed by atoms with Gasteiger partial charge in [-0.1, -0.05) is 13.3 Å². The first-order valence-corrected chi connectivity index (χ1v) is 6.36. The monoisotopic (exact) mass is 281 g/mol. The van der Waals surface area contributed by atoms with Gasteiger partial charge in [0.25, 0.3) is 0 Å². The van der Waals surface area contributed by atoms with Crippen molar-refractivity contribution in [2.45, 2.75) is 26.7 Å². The third kappa shape index (κ3) is 4.15. The van der Waals surface area contributed by atoms with E-state index in [2.05, 4.69) is 0 Å². The molecule has 0 saturated carbocycles. The minimum Gasteiger partial charge on any atom is -0.504 e. The predicted molar refractivity (Wildman–Crippen MR) is 75.7 cm³/mol. The number of unbranched alkanes of at least 4 members (excludes halogenated alkanes) is 1. The van der Waals surface area contributed by atoms with Crippen LogP contribution in [0.3, 0.4) is 0 Å². The highest BCUT2D eigenvalue weighted by Gasteiger charge is 2.12. The Bertz CT molecular complexity index is 511. The van der Waals surface area contributed by atoms with Crippen molar-refractivity contribution >= 4 is 6.08 Å². The van der Waals surface area contributed by atoms with Gasteiger partial charge < -0.3 is 14.6 Å². The number of hydrogen-bond donors (Lipinski definition) is 1. The average Bonchev–Trinajstić information content (AvgIpc) is 2.41. The molecule has 0 aliphatic heterocycles. The third-order valence-corrected chi connectivity index (χ3v) is 2.72. The molecule has 0 amide bonds. The maximum Gasteiger partial charge on any atom is 0.243 e. The maximum atomic E-state index is 10.6. The highest BCUT2D eigenvalue weighted by atomic mass is 16.6. The van der Waals surface area contributed by atoms with Gasteiger partial charge in [-0.2, -0.15) is 0 Å². The normalized spacial score (nSPS) is 11.2.